The van der Waals surface area contributed by atoms with Crippen LogP contribution in [0.25, 0.3) is 0 Å². The van der Waals surface area contributed by atoms with Gasteiger partial charge >= 0.3 is 12.1 Å². The largest absolute Gasteiger partial charge is 0.481 e. The first kappa shape index (κ1) is 19.7. The summed E-state index contributed by atoms with van der Waals surface area (Å²) in [6.45, 7) is 6.08. The molecule has 1 rings (SSSR count). The minimum Gasteiger partial charge on any atom is -0.481 e. The van der Waals surface area contributed by atoms with E-state index in [2.05, 4.69) is 10.0 Å². The third kappa shape index (κ3) is 7.14. The Morgan fingerprint density at radius 1 is 1.26 bits per heavy atom. The zero-order valence-electron chi connectivity index (χ0n) is 13.9. The summed E-state index contributed by atoms with van der Waals surface area (Å²) in [5, 5.41) is 12.1. The van der Waals surface area contributed by atoms with Gasteiger partial charge in [-0.3, -0.25) is 4.79 Å². The van der Waals surface area contributed by atoms with Gasteiger partial charge in [-0.1, -0.05) is 0 Å². The second kappa shape index (κ2) is 7.02. The molecule has 0 radical (unpaired) electrons. The zero-order chi connectivity index (χ0) is 17.9. The zero-order valence-corrected chi connectivity index (χ0v) is 14.7. The van der Waals surface area contributed by atoms with E-state index in [0.717, 1.165) is 6.26 Å². The number of aliphatic carboxylic acids is 1. The molecule has 1 fully saturated rings. The lowest BCUT2D eigenvalue weighted by Gasteiger charge is -2.49. The van der Waals surface area contributed by atoms with Crippen LogP contribution in [0.2, 0.25) is 0 Å². The van der Waals surface area contributed by atoms with E-state index in [9.17, 15) is 18.0 Å². The first-order chi connectivity index (χ1) is 10.3. The van der Waals surface area contributed by atoms with Crippen LogP contribution in [0, 0.1) is 0 Å². The summed E-state index contributed by atoms with van der Waals surface area (Å²) in [7, 11) is -3.29. The van der Waals surface area contributed by atoms with E-state index in [0.29, 0.717) is 0 Å². The molecule has 1 saturated heterocycles. The van der Waals surface area contributed by atoms with Crippen LogP contribution in [0.4, 0.5) is 4.79 Å². The lowest BCUT2D eigenvalue weighted by molar-refractivity contribution is -0.141. The molecule has 0 saturated carbocycles. The predicted octanol–water partition coefficient (Wildman–Crippen LogP) is -0.411. The van der Waals surface area contributed by atoms with Gasteiger partial charge in [-0.25, -0.2) is 17.9 Å². The molecule has 0 bridgehead atoms. The molecule has 0 aromatic heterocycles. The molecule has 1 aliphatic rings. The highest BCUT2D eigenvalue weighted by atomic mass is 32.2. The highest BCUT2D eigenvalue weighted by Gasteiger charge is 2.47. The van der Waals surface area contributed by atoms with Gasteiger partial charge in [0.1, 0.15) is 5.60 Å². The van der Waals surface area contributed by atoms with Crippen molar-refractivity contribution in [1.82, 2.24) is 14.9 Å². The van der Waals surface area contributed by atoms with Crippen molar-refractivity contribution in [3.63, 3.8) is 0 Å². The number of amides is 1. The first-order valence-corrected chi connectivity index (χ1v) is 9.10. The van der Waals surface area contributed by atoms with E-state index in [1.807, 2.05) is 0 Å². The molecule has 1 amide bonds. The second-order valence-corrected chi connectivity index (χ2v) is 8.61. The summed E-state index contributed by atoms with van der Waals surface area (Å²) in [5.41, 5.74) is -1.38. The number of carbonyl (C=O) groups excluding carboxylic acids is 1. The van der Waals surface area contributed by atoms with Gasteiger partial charge in [-0.2, -0.15) is 0 Å². The Hall–Kier alpha value is -1.39. The third-order valence-electron chi connectivity index (χ3n) is 3.12. The summed E-state index contributed by atoms with van der Waals surface area (Å²) in [5.74, 6) is -0.989. The van der Waals surface area contributed by atoms with Gasteiger partial charge in [0.15, 0.2) is 0 Å². The molecule has 1 heterocycles. The molecule has 10 heteroatoms. The number of carboxylic acid groups (broad SMARTS) is 1. The molecule has 3 N–H and O–H groups in total. The van der Waals surface area contributed by atoms with Gasteiger partial charge in [-0.15, -0.1) is 0 Å². The second-order valence-electron chi connectivity index (χ2n) is 6.78. The van der Waals surface area contributed by atoms with Gasteiger partial charge in [0.2, 0.25) is 10.0 Å². The topological polar surface area (TPSA) is 125 Å². The SMILES string of the molecule is CC(C)(C)OC(=O)N1CC(CC(=O)O)(NCCNS(C)(=O)=O)C1. The van der Waals surface area contributed by atoms with E-state index in [-0.39, 0.29) is 32.6 Å². The Bertz CT molecular complexity index is 549. The van der Waals surface area contributed by atoms with Crippen LogP contribution in [0.3, 0.4) is 0 Å². The fourth-order valence-corrected chi connectivity index (χ4v) is 2.75. The Morgan fingerprint density at radius 2 is 1.83 bits per heavy atom. The number of rotatable bonds is 7. The Kier molecular flexibility index (Phi) is 6.00. The predicted molar refractivity (Wildman–Crippen MR) is 83.6 cm³/mol. The van der Waals surface area contributed by atoms with Crippen molar-refractivity contribution < 1.29 is 27.9 Å². The lowest BCUT2D eigenvalue weighted by atomic mass is 9.86. The summed E-state index contributed by atoms with van der Waals surface area (Å²) < 4.78 is 29.5. The molecule has 23 heavy (non-hydrogen) atoms. The Morgan fingerprint density at radius 3 is 2.26 bits per heavy atom. The van der Waals surface area contributed by atoms with Crippen molar-refractivity contribution in [3.05, 3.63) is 0 Å². The molecule has 0 aromatic carbocycles. The van der Waals surface area contributed by atoms with Gasteiger partial charge in [0.25, 0.3) is 0 Å². The van der Waals surface area contributed by atoms with E-state index in [1.54, 1.807) is 20.8 Å². The highest BCUT2D eigenvalue weighted by Crippen LogP contribution is 2.26. The van der Waals surface area contributed by atoms with Crippen molar-refractivity contribution in [2.45, 2.75) is 38.3 Å². The number of carbonyl (C=O) groups is 2. The summed E-state index contributed by atoms with van der Waals surface area (Å²) in [4.78, 5) is 24.4. The number of hydrogen-bond acceptors (Lipinski definition) is 6. The number of carboxylic acids is 1. The van der Waals surface area contributed by atoms with Crippen molar-refractivity contribution in [2.75, 3.05) is 32.4 Å². The minimum absolute atomic E-state index is 0.145. The van der Waals surface area contributed by atoms with Crippen LogP contribution in [0.1, 0.15) is 27.2 Å². The fourth-order valence-electron chi connectivity index (χ4n) is 2.28. The van der Waals surface area contributed by atoms with E-state index in [4.69, 9.17) is 9.84 Å². The molecular formula is C13H25N3O6S. The molecule has 0 aromatic rings. The molecule has 0 aliphatic carbocycles. The molecule has 1 aliphatic heterocycles. The van der Waals surface area contributed by atoms with Crippen LogP contribution in [-0.2, 0) is 19.6 Å². The van der Waals surface area contributed by atoms with Crippen LogP contribution < -0.4 is 10.0 Å². The van der Waals surface area contributed by atoms with Crippen molar-refractivity contribution >= 4 is 22.1 Å². The number of nitrogens with zero attached hydrogens (tertiary/aromatic N) is 1. The molecule has 9 nitrogen and oxygen atoms in total. The first-order valence-electron chi connectivity index (χ1n) is 7.21. The number of likely N-dealkylation sites (tertiary alicyclic amines) is 1. The maximum absolute atomic E-state index is 11.9. The summed E-state index contributed by atoms with van der Waals surface area (Å²) in [6, 6.07) is 0. The van der Waals surface area contributed by atoms with Crippen LogP contribution in [-0.4, -0.2) is 74.1 Å². The quantitative estimate of drug-likeness (QED) is 0.532. The summed E-state index contributed by atoms with van der Waals surface area (Å²) >= 11 is 0. The Balaban J connectivity index is 2.53. The van der Waals surface area contributed by atoms with Gasteiger partial charge in [0, 0.05) is 26.2 Å². The third-order valence-corrected chi connectivity index (χ3v) is 3.85. The maximum atomic E-state index is 11.9. The van der Waals surface area contributed by atoms with Gasteiger partial charge in [-0.05, 0) is 20.8 Å². The molecule has 0 unspecified atom stereocenters. The van der Waals surface area contributed by atoms with Gasteiger partial charge < -0.3 is 20.1 Å². The standard InChI is InChI=1S/C13H25N3O6S/c1-12(2,3)22-11(19)16-8-13(9-16,7-10(17)18)14-5-6-15-23(4,20)21/h14-15H,5-9H2,1-4H3,(H,17,18). The molecule has 0 spiro atoms. The van der Waals surface area contributed by atoms with Gasteiger partial charge in [0.05, 0.1) is 18.2 Å². The average molecular weight is 351 g/mol. The van der Waals surface area contributed by atoms with E-state index in [1.165, 1.54) is 4.90 Å². The monoisotopic (exact) mass is 351 g/mol. The molecule has 0 atom stereocenters. The smallest absolute Gasteiger partial charge is 0.410 e. The van der Waals surface area contributed by atoms with Crippen LogP contribution >= 0.6 is 0 Å². The number of sulfonamides is 1. The lowest BCUT2D eigenvalue weighted by Crippen LogP contribution is -2.71. The van der Waals surface area contributed by atoms with Crippen LogP contribution in [0.15, 0.2) is 0 Å². The van der Waals surface area contributed by atoms with E-state index >= 15 is 0 Å². The molecule has 134 valence electrons. The maximum Gasteiger partial charge on any atom is 0.410 e. The number of hydrogen-bond donors (Lipinski definition) is 3. The fraction of sp³-hybridized carbons (Fsp3) is 0.846. The van der Waals surface area contributed by atoms with Crippen molar-refractivity contribution in [1.29, 1.82) is 0 Å². The van der Waals surface area contributed by atoms with Crippen LogP contribution in [0.5, 0.6) is 0 Å². The van der Waals surface area contributed by atoms with Crippen molar-refractivity contribution in [3.8, 4) is 0 Å². The molecular weight excluding hydrogens is 326 g/mol. The minimum atomic E-state index is -3.29. The Labute approximate surface area is 136 Å². The highest BCUT2D eigenvalue weighted by molar-refractivity contribution is 7.88. The number of nitrogens with one attached hydrogen (secondary N) is 2. The average Bonchev–Trinajstić information content (AvgIpc) is 2.25. The number of ether oxygens (including phenoxy) is 1. The van der Waals surface area contributed by atoms with E-state index < -0.39 is 33.2 Å². The summed E-state index contributed by atoms with van der Waals surface area (Å²) in [6.07, 6.45) is 0.397. The normalized spacial score (nSPS) is 17.5. The van der Waals surface area contributed by atoms with Crippen molar-refractivity contribution in [2.24, 2.45) is 0 Å².